The monoisotopic (exact) mass is 528 g/mol. The highest BCUT2D eigenvalue weighted by Crippen LogP contribution is 2.36. The molecule has 0 aliphatic carbocycles. The number of likely N-dealkylation sites (tertiary alicyclic amines) is 1. The molecule has 5 nitrogen and oxygen atoms in total. The van der Waals surface area contributed by atoms with Crippen molar-refractivity contribution in [1.29, 1.82) is 0 Å². The van der Waals surface area contributed by atoms with Crippen LogP contribution in [-0.2, 0) is 10.0 Å². The van der Waals surface area contributed by atoms with Crippen LogP contribution in [0.15, 0.2) is 36.7 Å². The fourth-order valence-corrected chi connectivity index (χ4v) is 6.52. The number of hydrogen-bond acceptors (Lipinski definition) is 5. The molecule has 0 amide bonds. The molecule has 25 heavy (non-hydrogen) atoms. The normalized spacial score (nSPS) is 18.5. The summed E-state index contributed by atoms with van der Waals surface area (Å²) in [6.45, 7) is 1.79. The van der Waals surface area contributed by atoms with Crippen molar-refractivity contribution in [2.24, 2.45) is 0 Å². The Labute approximate surface area is 172 Å². The Hall–Kier alpha value is -0.320. The zero-order valence-electron chi connectivity index (χ0n) is 13.1. The first-order valence-electron chi connectivity index (χ1n) is 7.37. The summed E-state index contributed by atoms with van der Waals surface area (Å²) >= 11 is 13.9. The van der Waals surface area contributed by atoms with Crippen LogP contribution in [0.25, 0.3) is 0 Å². The van der Waals surface area contributed by atoms with Gasteiger partial charge >= 0.3 is 0 Å². The van der Waals surface area contributed by atoms with Crippen LogP contribution in [0.1, 0.15) is 6.42 Å². The van der Waals surface area contributed by atoms with Crippen LogP contribution in [0, 0.1) is 0 Å². The molecule has 0 radical (unpaired) electrons. The maximum absolute atomic E-state index is 12.5. The number of likely N-dealkylation sites (N-methyl/N-ethyl adjacent to an activating group) is 1. The number of anilines is 1. The van der Waals surface area contributed by atoms with E-state index in [1.807, 2.05) is 7.05 Å². The second kappa shape index (κ2) is 7.74. The van der Waals surface area contributed by atoms with Gasteiger partial charge in [-0.25, -0.2) is 8.42 Å². The van der Waals surface area contributed by atoms with Crippen LogP contribution < -0.4 is 9.46 Å². The molecule has 0 unspecified atom stereocenters. The molecule has 1 fully saturated rings. The second-order valence-electron chi connectivity index (χ2n) is 5.73. The van der Waals surface area contributed by atoms with Gasteiger partial charge in [0.2, 0.25) is 0 Å². The predicted octanol–water partition coefficient (Wildman–Crippen LogP) is 4.81. The summed E-state index contributed by atoms with van der Waals surface area (Å²) in [5, 5.41) is 0.458. The largest absolute Gasteiger partial charge is 0.487 e. The van der Waals surface area contributed by atoms with Gasteiger partial charge in [0.15, 0.2) is 0 Å². The third kappa shape index (κ3) is 4.70. The smallest absolute Gasteiger partial charge is 0.271 e. The second-order valence-corrected chi connectivity index (χ2v) is 11.3. The van der Waals surface area contributed by atoms with Crippen molar-refractivity contribution in [2.75, 3.05) is 24.9 Å². The lowest BCUT2D eigenvalue weighted by Crippen LogP contribution is -2.21. The quantitative estimate of drug-likeness (QED) is 0.603. The Morgan fingerprint density at radius 2 is 2.12 bits per heavy atom. The molecule has 1 atom stereocenters. The van der Waals surface area contributed by atoms with Crippen LogP contribution in [0.2, 0.25) is 5.02 Å². The maximum atomic E-state index is 12.5. The van der Waals surface area contributed by atoms with Gasteiger partial charge in [-0.2, -0.15) is 0 Å². The van der Waals surface area contributed by atoms with Crippen molar-refractivity contribution in [3.05, 3.63) is 37.5 Å². The van der Waals surface area contributed by atoms with E-state index < -0.39 is 10.0 Å². The molecule has 1 N–H and O–H groups in total. The van der Waals surface area contributed by atoms with Gasteiger partial charge in [-0.15, -0.1) is 11.3 Å². The first-order valence-corrected chi connectivity index (χ1v) is 11.6. The van der Waals surface area contributed by atoms with Crippen molar-refractivity contribution < 1.29 is 13.2 Å². The average Bonchev–Trinajstić information content (AvgIpc) is 3.09. The van der Waals surface area contributed by atoms with E-state index in [4.69, 9.17) is 16.3 Å². The summed E-state index contributed by atoms with van der Waals surface area (Å²) in [5.41, 5.74) is 0.409. The van der Waals surface area contributed by atoms with Gasteiger partial charge in [-0.3, -0.25) is 4.72 Å². The SMILES string of the molecule is CN1CC[C@H](Oc2cc(NS(=O)(=O)c3cc(Br)c(Br)s3)ccc2Cl)C1. The lowest BCUT2D eigenvalue weighted by molar-refractivity contribution is 0.208. The van der Waals surface area contributed by atoms with Gasteiger partial charge in [-0.1, -0.05) is 11.6 Å². The first-order chi connectivity index (χ1) is 11.7. The van der Waals surface area contributed by atoms with Crippen molar-refractivity contribution >= 4 is 70.5 Å². The van der Waals surface area contributed by atoms with Crippen LogP contribution in [-0.4, -0.2) is 39.6 Å². The molecule has 0 spiro atoms. The van der Waals surface area contributed by atoms with Gasteiger partial charge in [0.25, 0.3) is 10.0 Å². The lowest BCUT2D eigenvalue weighted by Gasteiger charge is -2.16. The van der Waals surface area contributed by atoms with E-state index in [1.54, 1.807) is 24.3 Å². The molecule has 1 saturated heterocycles. The average molecular weight is 531 g/mol. The number of nitrogens with zero attached hydrogens (tertiary/aromatic N) is 1. The van der Waals surface area contributed by atoms with Crippen molar-refractivity contribution in [3.8, 4) is 5.75 Å². The molecule has 1 aromatic carbocycles. The highest BCUT2D eigenvalue weighted by Gasteiger charge is 2.23. The van der Waals surface area contributed by atoms with Crippen LogP contribution >= 0.6 is 54.8 Å². The molecule has 1 aliphatic heterocycles. The number of sulfonamides is 1. The predicted molar refractivity (Wildman–Crippen MR) is 109 cm³/mol. The molecular weight excluding hydrogens is 516 g/mol. The number of thiophene rings is 1. The van der Waals surface area contributed by atoms with E-state index in [9.17, 15) is 8.42 Å². The lowest BCUT2D eigenvalue weighted by atomic mass is 10.3. The Morgan fingerprint density at radius 1 is 1.36 bits per heavy atom. The number of halogens is 3. The van der Waals surface area contributed by atoms with Crippen LogP contribution in [0.5, 0.6) is 5.75 Å². The molecule has 10 heteroatoms. The zero-order valence-corrected chi connectivity index (χ0v) is 18.7. The minimum Gasteiger partial charge on any atom is -0.487 e. The Kier molecular flexibility index (Phi) is 6.02. The fraction of sp³-hybridized carbons (Fsp3) is 0.333. The minimum atomic E-state index is -3.68. The third-order valence-corrected chi connectivity index (χ3v) is 9.14. The highest BCUT2D eigenvalue weighted by atomic mass is 79.9. The Balaban J connectivity index is 1.79. The number of benzene rings is 1. The summed E-state index contributed by atoms with van der Waals surface area (Å²) in [6.07, 6.45) is 0.971. The number of ether oxygens (including phenoxy) is 1. The number of rotatable bonds is 5. The van der Waals surface area contributed by atoms with Gasteiger partial charge in [0, 0.05) is 23.6 Å². The van der Waals surface area contributed by atoms with Gasteiger partial charge < -0.3 is 9.64 Å². The van der Waals surface area contributed by atoms with E-state index in [2.05, 4.69) is 41.5 Å². The highest BCUT2D eigenvalue weighted by molar-refractivity contribution is 9.13. The van der Waals surface area contributed by atoms with Crippen molar-refractivity contribution in [1.82, 2.24) is 4.90 Å². The van der Waals surface area contributed by atoms with E-state index in [-0.39, 0.29) is 10.3 Å². The van der Waals surface area contributed by atoms with Gasteiger partial charge in [0.05, 0.1) is 14.5 Å². The van der Waals surface area contributed by atoms with E-state index >= 15 is 0 Å². The van der Waals surface area contributed by atoms with Crippen LogP contribution in [0.4, 0.5) is 5.69 Å². The Bertz CT molecular complexity index is 869. The molecule has 2 heterocycles. The summed E-state index contributed by atoms with van der Waals surface area (Å²) in [5.74, 6) is 0.482. The zero-order chi connectivity index (χ0) is 18.2. The Morgan fingerprint density at radius 3 is 2.72 bits per heavy atom. The first kappa shape index (κ1) is 19.4. The van der Waals surface area contributed by atoms with Gasteiger partial charge in [0.1, 0.15) is 16.1 Å². The van der Waals surface area contributed by atoms with Crippen molar-refractivity contribution in [3.63, 3.8) is 0 Å². The fourth-order valence-electron chi connectivity index (χ4n) is 2.49. The molecule has 136 valence electrons. The van der Waals surface area contributed by atoms with Gasteiger partial charge in [-0.05, 0) is 63.5 Å². The van der Waals surface area contributed by atoms with E-state index in [0.29, 0.717) is 20.9 Å². The maximum Gasteiger partial charge on any atom is 0.271 e. The minimum absolute atomic E-state index is 0.0542. The number of hydrogen-bond donors (Lipinski definition) is 1. The van der Waals surface area contributed by atoms with E-state index in [1.165, 1.54) is 0 Å². The molecule has 1 aliphatic rings. The summed E-state index contributed by atoms with van der Waals surface area (Å²) in [4.78, 5) is 2.18. The summed E-state index contributed by atoms with van der Waals surface area (Å²) in [6, 6.07) is 6.42. The topological polar surface area (TPSA) is 58.6 Å². The molecule has 1 aromatic heterocycles. The third-order valence-electron chi connectivity index (χ3n) is 3.71. The molecular formula is C15H15Br2ClN2O3S2. The van der Waals surface area contributed by atoms with Crippen LogP contribution in [0.3, 0.4) is 0 Å². The van der Waals surface area contributed by atoms with Crippen molar-refractivity contribution in [2.45, 2.75) is 16.7 Å². The molecule has 3 rings (SSSR count). The summed E-state index contributed by atoms with van der Waals surface area (Å²) in [7, 11) is -1.64. The molecule has 0 saturated carbocycles. The molecule has 0 bridgehead atoms. The van der Waals surface area contributed by atoms with E-state index in [0.717, 1.165) is 34.6 Å². The number of nitrogens with one attached hydrogen (secondary N) is 1. The molecule has 2 aromatic rings. The summed E-state index contributed by atoms with van der Waals surface area (Å²) < 4.78 is 35.2. The standard InChI is InChI=1S/C15H15Br2ClN2O3S2/c1-20-5-4-10(8-20)23-13-6-9(2-3-12(13)18)19-25(21,22)14-7-11(16)15(17)24-14/h2-3,6-7,10,19H,4-5,8H2,1H3/t10-/m0/s1.